The zero-order valence-electron chi connectivity index (χ0n) is 10.2. The summed E-state index contributed by atoms with van der Waals surface area (Å²) in [6.07, 6.45) is 2.27. The number of aliphatic hydroxyl groups excluding tert-OH is 1. The summed E-state index contributed by atoms with van der Waals surface area (Å²) < 4.78 is 10.3. The minimum atomic E-state index is -0.907. The van der Waals surface area contributed by atoms with E-state index in [2.05, 4.69) is 9.97 Å². The molecule has 0 bridgehead atoms. The summed E-state index contributed by atoms with van der Waals surface area (Å²) in [4.78, 5) is 8.05. The van der Waals surface area contributed by atoms with Gasteiger partial charge >= 0.3 is 0 Å². The highest BCUT2D eigenvalue weighted by Crippen LogP contribution is 2.28. The number of hydrogen-bond acceptors (Lipinski definition) is 5. The van der Waals surface area contributed by atoms with Crippen LogP contribution in [0.3, 0.4) is 0 Å². The maximum absolute atomic E-state index is 10.2. The molecule has 1 unspecified atom stereocenters. The third-order valence-electron chi connectivity index (χ3n) is 2.52. The average molecular weight is 246 g/mol. The molecule has 1 aromatic heterocycles. The van der Waals surface area contributed by atoms with Crippen LogP contribution in [0.5, 0.6) is 11.5 Å². The van der Waals surface area contributed by atoms with Gasteiger partial charge < -0.3 is 14.6 Å². The molecule has 0 spiro atoms. The molecule has 0 fully saturated rings. The number of hydrogen-bond donors (Lipinski definition) is 1. The van der Waals surface area contributed by atoms with E-state index >= 15 is 0 Å². The standard InChI is InChI=1S/C13H14N2O3/c1-17-10-6-9(7-11(8-10)18-2)12(16)13-14-4-3-5-15-13/h3-8,12,16H,1-2H3. The minimum Gasteiger partial charge on any atom is -0.497 e. The summed E-state index contributed by atoms with van der Waals surface area (Å²) in [5, 5.41) is 10.2. The quantitative estimate of drug-likeness (QED) is 0.887. The second-order valence-electron chi connectivity index (χ2n) is 3.66. The number of aliphatic hydroxyl groups is 1. The summed E-state index contributed by atoms with van der Waals surface area (Å²) in [5.41, 5.74) is 0.623. The molecule has 1 atom stereocenters. The van der Waals surface area contributed by atoms with Crippen molar-refractivity contribution in [2.75, 3.05) is 14.2 Å². The topological polar surface area (TPSA) is 64.5 Å². The zero-order chi connectivity index (χ0) is 13.0. The van der Waals surface area contributed by atoms with Gasteiger partial charge in [0.1, 0.15) is 17.6 Å². The number of nitrogens with zero attached hydrogens (tertiary/aromatic N) is 2. The minimum absolute atomic E-state index is 0.341. The van der Waals surface area contributed by atoms with E-state index in [4.69, 9.17) is 9.47 Å². The maximum Gasteiger partial charge on any atom is 0.161 e. The lowest BCUT2D eigenvalue weighted by molar-refractivity contribution is 0.208. The van der Waals surface area contributed by atoms with Crippen LogP contribution in [0.2, 0.25) is 0 Å². The van der Waals surface area contributed by atoms with Crippen molar-refractivity contribution in [2.45, 2.75) is 6.10 Å². The lowest BCUT2D eigenvalue weighted by Gasteiger charge is -2.12. The summed E-state index contributed by atoms with van der Waals surface area (Å²) in [5.74, 6) is 1.56. The van der Waals surface area contributed by atoms with Gasteiger partial charge in [0.25, 0.3) is 0 Å². The predicted molar refractivity (Wildman–Crippen MR) is 65.6 cm³/mol. The molecule has 0 saturated carbocycles. The Balaban J connectivity index is 2.38. The van der Waals surface area contributed by atoms with Crippen LogP contribution >= 0.6 is 0 Å². The number of aromatic nitrogens is 2. The third kappa shape index (κ3) is 2.57. The molecule has 18 heavy (non-hydrogen) atoms. The SMILES string of the molecule is COc1cc(OC)cc(C(O)c2ncccn2)c1. The van der Waals surface area contributed by atoms with Crippen LogP contribution < -0.4 is 9.47 Å². The fourth-order valence-electron chi connectivity index (χ4n) is 1.59. The van der Waals surface area contributed by atoms with Gasteiger partial charge in [0.05, 0.1) is 14.2 Å². The molecule has 94 valence electrons. The smallest absolute Gasteiger partial charge is 0.161 e. The van der Waals surface area contributed by atoms with Crippen LogP contribution in [-0.4, -0.2) is 29.3 Å². The maximum atomic E-state index is 10.2. The lowest BCUT2D eigenvalue weighted by atomic mass is 10.1. The summed E-state index contributed by atoms with van der Waals surface area (Å²) in [6, 6.07) is 6.89. The Labute approximate surface area is 105 Å². The van der Waals surface area contributed by atoms with Crippen LogP contribution in [-0.2, 0) is 0 Å². The number of rotatable bonds is 4. The summed E-state index contributed by atoms with van der Waals surface area (Å²) in [7, 11) is 3.12. The Kier molecular flexibility index (Phi) is 3.74. The number of ether oxygens (including phenoxy) is 2. The van der Waals surface area contributed by atoms with E-state index < -0.39 is 6.10 Å². The Hall–Kier alpha value is -2.14. The molecule has 5 heteroatoms. The van der Waals surface area contributed by atoms with Crippen molar-refractivity contribution in [1.29, 1.82) is 0 Å². The molecule has 1 N–H and O–H groups in total. The lowest BCUT2D eigenvalue weighted by Crippen LogP contribution is -2.05. The molecule has 5 nitrogen and oxygen atoms in total. The van der Waals surface area contributed by atoms with Crippen molar-refractivity contribution in [3.05, 3.63) is 48.0 Å². The molecule has 2 aromatic rings. The van der Waals surface area contributed by atoms with Crippen LogP contribution in [0.25, 0.3) is 0 Å². The van der Waals surface area contributed by atoms with E-state index in [-0.39, 0.29) is 0 Å². The highest BCUT2D eigenvalue weighted by Gasteiger charge is 2.15. The van der Waals surface area contributed by atoms with Gasteiger partial charge in [0, 0.05) is 18.5 Å². The summed E-state index contributed by atoms with van der Waals surface area (Å²) >= 11 is 0. The Morgan fingerprint density at radius 2 is 1.56 bits per heavy atom. The van der Waals surface area contributed by atoms with Crippen molar-refractivity contribution in [3.8, 4) is 11.5 Å². The Morgan fingerprint density at radius 1 is 1.00 bits per heavy atom. The first-order valence-electron chi connectivity index (χ1n) is 5.42. The van der Waals surface area contributed by atoms with E-state index in [0.29, 0.717) is 22.9 Å². The second kappa shape index (κ2) is 5.46. The van der Waals surface area contributed by atoms with Crippen LogP contribution in [0.4, 0.5) is 0 Å². The molecule has 0 aliphatic rings. The van der Waals surface area contributed by atoms with Crippen molar-refractivity contribution >= 4 is 0 Å². The fraction of sp³-hybridized carbons (Fsp3) is 0.231. The first-order valence-corrected chi connectivity index (χ1v) is 5.42. The summed E-state index contributed by atoms with van der Waals surface area (Å²) in [6.45, 7) is 0. The van der Waals surface area contributed by atoms with Gasteiger partial charge in [-0.05, 0) is 23.8 Å². The van der Waals surface area contributed by atoms with Gasteiger partial charge in [-0.15, -0.1) is 0 Å². The van der Waals surface area contributed by atoms with Gasteiger partial charge in [-0.3, -0.25) is 0 Å². The molecular weight excluding hydrogens is 232 g/mol. The van der Waals surface area contributed by atoms with Crippen molar-refractivity contribution < 1.29 is 14.6 Å². The van der Waals surface area contributed by atoms with Crippen LogP contribution in [0.1, 0.15) is 17.5 Å². The normalized spacial score (nSPS) is 11.9. The second-order valence-corrected chi connectivity index (χ2v) is 3.66. The van der Waals surface area contributed by atoms with Crippen LogP contribution in [0, 0.1) is 0 Å². The average Bonchev–Trinajstić information content (AvgIpc) is 2.46. The Morgan fingerprint density at radius 3 is 2.06 bits per heavy atom. The fourth-order valence-corrected chi connectivity index (χ4v) is 1.59. The van der Waals surface area contributed by atoms with Crippen molar-refractivity contribution in [1.82, 2.24) is 9.97 Å². The molecule has 0 amide bonds. The molecular formula is C13H14N2O3. The zero-order valence-corrected chi connectivity index (χ0v) is 10.2. The van der Waals surface area contributed by atoms with Gasteiger partial charge in [-0.1, -0.05) is 0 Å². The largest absolute Gasteiger partial charge is 0.497 e. The third-order valence-corrected chi connectivity index (χ3v) is 2.52. The van der Waals surface area contributed by atoms with Gasteiger partial charge in [-0.25, -0.2) is 9.97 Å². The van der Waals surface area contributed by atoms with Gasteiger partial charge in [0.15, 0.2) is 5.82 Å². The highest BCUT2D eigenvalue weighted by molar-refractivity contribution is 5.40. The van der Waals surface area contributed by atoms with E-state index in [1.54, 1.807) is 50.9 Å². The van der Waals surface area contributed by atoms with Gasteiger partial charge in [0.2, 0.25) is 0 Å². The van der Waals surface area contributed by atoms with Crippen molar-refractivity contribution in [3.63, 3.8) is 0 Å². The highest BCUT2D eigenvalue weighted by atomic mass is 16.5. The van der Waals surface area contributed by atoms with Crippen LogP contribution in [0.15, 0.2) is 36.7 Å². The molecule has 0 radical (unpaired) electrons. The first kappa shape index (κ1) is 12.3. The van der Waals surface area contributed by atoms with Crippen molar-refractivity contribution in [2.24, 2.45) is 0 Å². The molecule has 0 aliphatic heterocycles. The molecule has 1 heterocycles. The molecule has 0 saturated heterocycles. The molecule has 1 aromatic carbocycles. The van der Waals surface area contributed by atoms with E-state index in [0.717, 1.165) is 0 Å². The van der Waals surface area contributed by atoms with E-state index in [1.165, 1.54) is 0 Å². The number of methoxy groups -OCH3 is 2. The predicted octanol–water partition coefficient (Wildman–Crippen LogP) is 1.58. The Bertz CT molecular complexity index is 495. The molecule has 0 aliphatic carbocycles. The first-order chi connectivity index (χ1) is 8.74. The van der Waals surface area contributed by atoms with Gasteiger partial charge in [-0.2, -0.15) is 0 Å². The monoisotopic (exact) mass is 246 g/mol. The number of benzene rings is 1. The van der Waals surface area contributed by atoms with E-state index in [1.807, 2.05) is 0 Å². The van der Waals surface area contributed by atoms with E-state index in [9.17, 15) is 5.11 Å². The molecule has 2 rings (SSSR count).